The van der Waals surface area contributed by atoms with Gasteiger partial charge in [-0.05, 0) is 77.6 Å². The van der Waals surface area contributed by atoms with Gasteiger partial charge in [0, 0.05) is 37.8 Å². The largest absolute Gasteiger partial charge is 0.488 e. The van der Waals surface area contributed by atoms with E-state index in [4.69, 9.17) is 27.9 Å². The van der Waals surface area contributed by atoms with Gasteiger partial charge < -0.3 is 20.3 Å². The van der Waals surface area contributed by atoms with Crippen LogP contribution in [0.5, 0.6) is 5.75 Å². The van der Waals surface area contributed by atoms with Crippen molar-refractivity contribution in [2.24, 2.45) is 0 Å². The molecular weight excluding hydrogens is 501 g/mol. The molecule has 1 amide bonds. The minimum atomic E-state index is -0.109. The summed E-state index contributed by atoms with van der Waals surface area (Å²) in [5, 5.41) is 7.27. The van der Waals surface area contributed by atoms with E-state index in [1.54, 1.807) is 18.2 Å². The lowest BCUT2D eigenvalue weighted by molar-refractivity contribution is 0.0938. The molecule has 0 saturated carbocycles. The number of benzene rings is 2. The Kier molecular flexibility index (Phi) is 7.77. The average Bonchev–Trinajstić information content (AvgIpc) is 3.42. The molecule has 0 aromatic heterocycles. The van der Waals surface area contributed by atoms with Gasteiger partial charge in [-0.15, -0.1) is 0 Å². The lowest BCUT2D eigenvalue weighted by Crippen LogP contribution is -2.37. The number of hydrogen-bond donors (Lipinski definition) is 2. The lowest BCUT2D eigenvalue weighted by Gasteiger charge is -2.18. The Labute approximate surface area is 201 Å². The summed E-state index contributed by atoms with van der Waals surface area (Å²) in [7, 11) is 0. The highest BCUT2D eigenvalue weighted by Crippen LogP contribution is 2.28. The van der Waals surface area contributed by atoms with Crippen molar-refractivity contribution in [3.63, 3.8) is 0 Å². The van der Waals surface area contributed by atoms with Gasteiger partial charge in [0.05, 0.1) is 14.5 Å². The fourth-order valence-corrected chi connectivity index (χ4v) is 4.87. The number of nitrogens with one attached hydrogen (secondary N) is 2. The number of halogens is 3. The van der Waals surface area contributed by atoms with E-state index in [0.717, 1.165) is 62.2 Å². The Morgan fingerprint density at radius 2 is 2.06 bits per heavy atom. The van der Waals surface area contributed by atoms with Gasteiger partial charge in [-0.2, -0.15) is 0 Å². The average molecular weight is 527 g/mol. The van der Waals surface area contributed by atoms with Crippen molar-refractivity contribution in [2.75, 3.05) is 32.7 Å². The van der Waals surface area contributed by atoms with Crippen LogP contribution in [0.15, 0.2) is 40.9 Å². The van der Waals surface area contributed by atoms with E-state index in [0.29, 0.717) is 15.6 Å². The van der Waals surface area contributed by atoms with Crippen LogP contribution in [0.1, 0.15) is 28.8 Å². The number of likely N-dealkylation sites (tertiary alicyclic amines) is 1. The Morgan fingerprint density at radius 1 is 1.19 bits per heavy atom. The van der Waals surface area contributed by atoms with Gasteiger partial charge in [-0.25, -0.2) is 0 Å². The molecule has 5 nitrogen and oxygen atoms in total. The van der Waals surface area contributed by atoms with Crippen LogP contribution >= 0.6 is 39.1 Å². The zero-order chi connectivity index (χ0) is 21.8. The minimum absolute atomic E-state index is 0.109. The van der Waals surface area contributed by atoms with Crippen LogP contribution in [0.4, 0.5) is 0 Å². The lowest BCUT2D eigenvalue weighted by atomic mass is 10.1. The van der Waals surface area contributed by atoms with E-state index in [9.17, 15) is 4.79 Å². The van der Waals surface area contributed by atoms with E-state index in [2.05, 4.69) is 49.7 Å². The van der Waals surface area contributed by atoms with Crippen molar-refractivity contribution in [3.05, 3.63) is 62.0 Å². The maximum atomic E-state index is 12.5. The molecule has 2 saturated heterocycles. The molecule has 2 aliphatic heterocycles. The molecule has 0 radical (unpaired) electrons. The summed E-state index contributed by atoms with van der Waals surface area (Å²) in [5.41, 5.74) is 1.81. The van der Waals surface area contributed by atoms with Crippen LogP contribution in [0, 0.1) is 0 Å². The molecule has 2 fully saturated rings. The van der Waals surface area contributed by atoms with Gasteiger partial charge in [0.2, 0.25) is 0 Å². The Balaban J connectivity index is 1.24. The first kappa shape index (κ1) is 22.9. The predicted molar refractivity (Wildman–Crippen MR) is 129 cm³/mol. The zero-order valence-corrected chi connectivity index (χ0v) is 20.3. The molecule has 0 aliphatic carbocycles. The summed E-state index contributed by atoms with van der Waals surface area (Å²) in [6.45, 7) is 4.71. The highest BCUT2D eigenvalue weighted by Gasteiger charge is 2.24. The third kappa shape index (κ3) is 6.14. The minimum Gasteiger partial charge on any atom is -0.488 e. The number of nitrogens with zero attached hydrogens (tertiary/aromatic N) is 1. The first-order valence-electron chi connectivity index (χ1n) is 10.6. The van der Waals surface area contributed by atoms with Crippen molar-refractivity contribution in [1.82, 2.24) is 15.5 Å². The summed E-state index contributed by atoms with van der Waals surface area (Å²) < 4.78 is 7.07. The number of hydrogen-bond acceptors (Lipinski definition) is 4. The summed E-state index contributed by atoms with van der Waals surface area (Å²) >= 11 is 15.6. The van der Waals surface area contributed by atoms with E-state index in [-0.39, 0.29) is 18.1 Å². The summed E-state index contributed by atoms with van der Waals surface area (Å²) in [4.78, 5) is 14.9. The standard InChI is InChI=1S/C23H26BrCl2N3O2/c24-19-11-15(1-4-22(19)31-18-5-8-27-13-18)6-9-29-10-7-17(14-29)28-23(30)16-2-3-20(25)21(26)12-16/h1-4,11-12,17-18,27H,5-10,13-14H2,(H,28,30). The van der Waals surface area contributed by atoms with Crippen LogP contribution in [-0.2, 0) is 6.42 Å². The predicted octanol–water partition coefficient (Wildman–Crippen LogP) is 4.54. The van der Waals surface area contributed by atoms with Crippen molar-refractivity contribution in [1.29, 1.82) is 0 Å². The van der Waals surface area contributed by atoms with Crippen LogP contribution in [0.3, 0.4) is 0 Å². The molecule has 2 unspecified atom stereocenters. The second-order valence-electron chi connectivity index (χ2n) is 8.14. The molecule has 4 rings (SSSR count). The second-order valence-corrected chi connectivity index (χ2v) is 9.80. The maximum absolute atomic E-state index is 12.5. The first-order chi connectivity index (χ1) is 15.0. The molecule has 2 aromatic rings. The zero-order valence-electron chi connectivity index (χ0n) is 17.2. The summed E-state index contributed by atoms with van der Waals surface area (Å²) in [5.74, 6) is 0.797. The normalized spacial score (nSPS) is 21.4. The monoisotopic (exact) mass is 525 g/mol. The Hall–Kier alpha value is -1.31. The van der Waals surface area contributed by atoms with Crippen LogP contribution in [0.25, 0.3) is 0 Å². The molecule has 2 N–H and O–H groups in total. The fraction of sp³-hybridized carbons (Fsp3) is 0.435. The molecule has 8 heteroatoms. The van der Waals surface area contributed by atoms with E-state index >= 15 is 0 Å². The molecule has 166 valence electrons. The highest BCUT2D eigenvalue weighted by molar-refractivity contribution is 9.10. The molecule has 31 heavy (non-hydrogen) atoms. The van der Waals surface area contributed by atoms with E-state index in [1.165, 1.54) is 5.56 Å². The van der Waals surface area contributed by atoms with Crippen molar-refractivity contribution < 1.29 is 9.53 Å². The van der Waals surface area contributed by atoms with Crippen molar-refractivity contribution in [2.45, 2.75) is 31.4 Å². The SMILES string of the molecule is O=C(NC1CCN(CCc2ccc(OC3CCNC3)c(Br)c2)C1)c1ccc(Cl)c(Cl)c1. The Morgan fingerprint density at radius 3 is 2.81 bits per heavy atom. The topological polar surface area (TPSA) is 53.6 Å². The molecule has 2 atom stereocenters. The van der Waals surface area contributed by atoms with Crippen molar-refractivity contribution in [3.8, 4) is 5.75 Å². The van der Waals surface area contributed by atoms with Gasteiger partial charge in [0.25, 0.3) is 5.91 Å². The molecule has 2 heterocycles. The smallest absolute Gasteiger partial charge is 0.251 e. The molecule has 2 aliphatic rings. The second kappa shape index (κ2) is 10.5. The Bertz CT molecular complexity index is 937. The molecule has 0 spiro atoms. The molecular formula is C23H26BrCl2N3O2. The number of amides is 1. The van der Waals surface area contributed by atoms with E-state index in [1.807, 2.05) is 0 Å². The maximum Gasteiger partial charge on any atom is 0.251 e. The van der Waals surface area contributed by atoms with Crippen LogP contribution in [0.2, 0.25) is 10.0 Å². The van der Waals surface area contributed by atoms with Gasteiger partial charge in [0.15, 0.2) is 0 Å². The number of ether oxygens (including phenoxy) is 1. The van der Waals surface area contributed by atoms with E-state index < -0.39 is 0 Å². The molecule has 0 bridgehead atoms. The fourth-order valence-electron chi connectivity index (χ4n) is 4.05. The van der Waals surface area contributed by atoms with Gasteiger partial charge >= 0.3 is 0 Å². The number of rotatable bonds is 7. The third-order valence-corrected chi connectivity index (χ3v) is 7.17. The summed E-state index contributed by atoms with van der Waals surface area (Å²) in [6, 6.07) is 11.5. The van der Waals surface area contributed by atoms with Crippen LogP contribution < -0.4 is 15.4 Å². The highest BCUT2D eigenvalue weighted by atomic mass is 79.9. The van der Waals surface area contributed by atoms with Gasteiger partial charge in [-0.1, -0.05) is 29.3 Å². The van der Waals surface area contributed by atoms with Crippen molar-refractivity contribution >= 4 is 45.0 Å². The molecule has 2 aromatic carbocycles. The van der Waals surface area contributed by atoms with Crippen LogP contribution in [-0.4, -0.2) is 55.7 Å². The first-order valence-corrected chi connectivity index (χ1v) is 12.2. The van der Waals surface area contributed by atoms with Gasteiger partial charge in [-0.3, -0.25) is 4.79 Å². The number of carbonyl (C=O) groups excluding carboxylic acids is 1. The summed E-state index contributed by atoms with van der Waals surface area (Å²) in [6.07, 6.45) is 3.20. The quantitative estimate of drug-likeness (QED) is 0.556. The third-order valence-electron chi connectivity index (χ3n) is 5.81. The number of carbonyl (C=O) groups is 1. The van der Waals surface area contributed by atoms with Gasteiger partial charge in [0.1, 0.15) is 11.9 Å².